The normalized spacial score (nSPS) is 10.4. The molecule has 14 heavy (non-hydrogen) atoms. The quantitative estimate of drug-likeness (QED) is 0.582. The molecule has 0 atom stereocenters. The number of aromatic amines is 1. The van der Waals surface area contributed by atoms with Crippen molar-refractivity contribution in [2.45, 2.75) is 13.3 Å². The Bertz CT molecular complexity index is 368. The van der Waals surface area contributed by atoms with Crippen LogP contribution >= 0.6 is 0 Å². The minimum atomic E-state index is 0.597. The van der Waals surface area contributed by atoms with Crippen LogP contribution in [-0.4, -0.2) is 30.3 Å². The average Bonchev–Trinajstić information content (AvgIpc) is 2.56. The topological polar surface area (TPSA) is 55.2 Å². The summed E-state index contributed by atoms with van der Waals surface area (Å²) in [6, 6.07) is 2.11. The predicted molar refractivity (Wildman–Crippen MR) is 56.7 cm³/mol. The molecule has 0 saturated carbocycles. The molecule has 1 aromatic heterocycles. The van der Waals surface area contributed by atoms with Gasteiger partial charge in [-0.25, -0.2) is 4.99 Å². The average molecular weight is 190 g/mol. The Morgan fingerprint density at radius 1 is 1.64 bits per heavy atom. The Balaban J connectivity index is 3.04. The van der Waals surface area contributed by atoms with Crippen molar-refractivity contribution in [1.29, 1.82) is 5.26 Å². The molecular weight excluding hydrogens is 176 g/mol. The highest BCUT2D eigenvalue weighted by Crippen LogP contribution is 2.23. The first-order valence-electron chi connectivity index (χ1n) is 4.50. The van der Waals surface area contributed by atoms with Crippen LogP contribution in [0.1, 0.15) is 18.2 Å². The van der Waals surface area contributed by atoms with Crippen molar-refractivity contribution < 1.29 is 0 Å². The Morgan fingerprint density at radius 3 is 2.86 bits per heavy atom. The molecule has 0 amide bonds. The summed E-state index contributed by atoms with van der Waals surface area (Å²) in [5, 5.41) is 8.84. The molecule has 0 bridgehead atoms. The first-order valence-corrected chi connectivity index (χ1v) is 4.50. The third-order valence-electron chi connectivity index (χ3n) is 1.82. The molecule has 0 aliphatic carbocycles. The number of hydrogen-bond acceptors (Lipinski definition) is 2. The van der Waals surface area contributed by atoms with Crippen molar-refractivity contribution in [3.63, 3.8) is 0 Å². The number of aliphatic imine (C=N–C) groups is 1. The predicted octanol–water partition coefficient (Wildman–Crippen LogP) is 1.67. The smallest absolute Gasteiger partial charge is 0.103 e. The van der Waals surface area contributed by atoms with Gasteiger partial charge in [0.1, 0.15) is 11.8 Å². The summed E-state index contributed by atoms with van der Waals surface area (Å²) in [6.07, 6.45) is 4.24. The molecule has 0 unspecified atom stereocenters. The van der Waals surface area contributed by atoms with Crippen LogP contribution in [0.15, 0.2) is 11.2 Å². The van der Waals surface area contributed by atoms with Gasteiger partial charge in [-0.15, -0.1) is 0 Å². The number of H-pyrrole nitrogens is 1. The highest BCUT2D eigenvalue weighted by atomic mass is 15.1. The van der Waals surface area contributed by atoms with Crippen molar-refractivity contribution in [2.24, 2.45) is 4.99 Å². The van der Waals surface area contributed by atoms with E-state index in [1.807, 2.05) is 25.9 Å². The molecule has 1 rings (SSSR count). The minimum absolute atomic E-state index is 0.597. The van der Waals surface area contributed by atoms with E-state index in [0.29, 0.717) is 5.56 Å². The summed E-state index contributed by atoms with van der Waals surface area (Å²) >= 11 is 0. The van der Waals surface area contributed by atoms with Gasteiger partial charge in [-0.2, -0.15) is 5.26 Å². The summed E-state index contributed by atoms with van der Waals surface area (Å²) in [5.41, 5.74) is 2.35. The first kappa shape index (κ1) is 10.3. The Labute approximate surface area is 83.9 Å². The second-order valence-electron chi connectivity index (χ2n) is 3.20. The number of hydrogen-bond donors (Lipinski definition) is 1. The maximum atomic E-state index is 8.84. The van der Waals surface area contributed by atoms with E-state index in [-0.39, 0.29) is 0 Å². The van der Waals surface area contributed by atoms with Crippen LogP contribution in [-0.2, 0) is 6.42 Å². The van der Waals surface area contributed by atoms with Crippen molar-refractivity contribution in [1.82, 2.24) is 9.88 Å². The molecule has 0 aliphatic heterocycles. The number of nitriles is 1. The van der Waals surface area contributed by atoms with Gasteiger partial charge < -0.3 is 9.88 Å². The van der Waals surface area contributed by atoms with Gasteiger partial charge in [0.05, 0.1) is 11.9 Å². The second-order valence-corrected chi connectivity index (χ2v) is 3.20. The van der Waals surface area contributed by atoms with E-state index in [1.165, 1.54) is 0 Å². The highest BCUT2D eigenvalue weighted by Gasteiger charge is 2.07. The van der Waals surface area contributed by atoms with E-state index in [9.17, 15) is 0 Å². The molecule has 0 radical (unpaired) electrons. The zero-order valence-corrected chi connectivity index (χ0v) is 8.70. The van der Waals surface area contributed by atoms with Gasteiger partial charge >= 0.3 is 0 Å². The molecule has 4 nitrogen and oxygen atoms in total. The van der Waals surface area contributed by atoms with Gasteiger partial charge in [0.15, 0.2) is 0 Å². The van der Waals surface area contributed by atoms with Gasteiger partial charge in [-0.3, -0.25) is 0 Å². The fraction of sp³-hybridized carbons (Fsp3) is 0.400. The summed E-state index contributed by atoms with van der Waals surface area (Å²) in [5.74, 6) is 0. The van der Waals surface area contributed by atoms with Gasteiger partial charge in [-0.05, 0) is 6.42 Å². The maximum Gasteiger partial charge on any atom is 0.103 e. The monoisotopic (exact) mass is 190 g/mol. The second kappa shape index (κ2) is 4.47. The summed E-state index contributed by atoms with van der Waals surface area (Å²) < 4.78 is 0. The third kappa shape index (κ3) is 2.13. The van der Waals surface area contributed by atoms with Gasteiger partial charge in [0.25, 0.3) is 0 Å². The molecule has 0 spiro atoms. The van der Waals surface area contributed by atoms with Crippen LogP contribution in [0.3, 0.4) is 0 Å². The Morgan fingerprint density at radius 2 is 2.36 bits per heavy atom. The number of rotatable bonds is 3. The standard InChI is InChI=1S/C10H14N4/c1-4-9-10(13-7-14(2)3)8(5-11)6-12-9/h6-7,12H,4H2,1-3H3/b13-7+. The lowest BCUT2D eigenvalue weighted by molar-refractivity contribution is 0.643. The molecule has 4 heteroatoms. The van der Waals surface area contributed by atoms with E-state index in [1.54, 1.807) is 12.5 Å². The molecule has 0 saturated heterocycles. The third-order valence-corrected chi connectivity index (χ3v) is 1.82. The summed E-state index contributed by atoms with van der Waals surface area (Å²) in [4.78, 5) is 9.14. The molecule has 1 aromatic rings. The van der Waals surface area contributed by atoms with Crippen LogP contribution < -0.4 is 0 Å². The lowest BCUT2D eigenvalue weighted by Crippen LogP contribution is -2.07. The fourth-order valence-corrected chi connectivity index (χ4v) is 1.13. The number of aryl methyl sites for hydroxylation is 1. The maximum absolute atomic E-state index is 8.84. The SMILES string of the molecule is CCc1[nH]cc(C#N)c1/N=C/N(C)C. The Hall–Kier alpha value is -1.76. The minimum Gasteiger partial charge on any atom is -0.369 e. The van der Waals surface area contributed by atoms with Crippen molar-refractivity contribution in [3.8, 4) is 6.07 Å². The molecule has 0 aliphatic rings. The van der Waals surface area contributed by atoms with Gasteiger partial charge in [-0.1, -0.05) is 6.92 Å². The first-order chi connectivity index (χ1) is 6.69. The molecule has 74 valence electrons. The number of nitrogens with one attached hydrogen (secondary N) is 1. The van der Waals surface area contributed by atoms with Crippen LogP contribution in [0, 0.1) is 11.3 Å². The zero-order chi connectivity index (χ0) is 10.6. The fourth-order valence-electron chi connectivity index (χ4n) is 1.13. The van der Waals surface area contributed by atoms with E-state index in [2.05, 4.69) is 16.0 Å². The van der Waals surface area contributed by atoms with Crippen LogP contribution in [0.2, 0.25) is 0 Å². The molecule has 1 heterocycles. The lowest BCUT2D eigenvalue weighted by Gasteiger charge is -2.02. The number of aromatic nitrogens is 1. The largest absolute Gasteiger partial charge is 0.369 e. The van der Waals surface area contributed by atoms with E-state index >= 15 is 0 Å². The number of nitrogens with zero attached hydrogens (tertiary/aromatic N) is 3. The van der Waals surface area contributed by atoms with Gasteiger partial charge in [0, 0.05) is 26.0 Å². The zero-order valence-electron chi connectivity index (χ0n) is 8.70. The molecule has 0 aromatic carbocycles. The van der Waals surface area contributed by atoms with E-state index in [4.69, 9.17) is 5.26 Å². The molecular formula is C10H14N4. The Kier molecular flexibility index (Phi) is 3.29. The van der Waals surface area contributed by atoms with Crippen LogP contribution in [0.5, 0.6) is 0 Å². The van der Waals surface area contributed by atoms with Crippen molar-refractivity contribution >= 4 is 12.0 Å². The van der Waals surface area contributed by atoms with Crippen LogP contribution in [0.25, 0.3) is 0 Å². The molecule has 0 fully saturated rings. The highest BCUT2D eigenvalue weighted by molar-refractivity contribution is 5.66. The van der Waals surface area contributed by atoms with Gasteiger partial charge in [0.2, 0.25) is 0 Å². The summed E-state index contributed by atoms with van der Waals surface area (Å²) in [7, 11) is 3.79. The van der Waals surface area contributed by atoms with E-state index < -0.39 is 0 Å². The summed E-state index contributed by atoms with van der Waals surface area (Å²) in [6.45, 7) is 2.03. The van der Waals surface area contributed by atoms with Crippen molar-refractivity contribution in [2.75, 3.05) is 14.1 Å². The van der Waals surface area contributed by atoms with E-state index in [0.717, 1.165) is 17.8 Å². The van der Waals surface area contributed by atoms with Crippen LogP contribution in [0.4, 0.5) is 5.69 Å². The molecule has 1 N–H and O–H groups in total. The van der Waals surface area contributed by atoms with Crippen molar-refractivity contribution in [3.05, 3.63) is 17.5 Å². The lowest BCUT2D eigenvalue weighted by atomic mass is 10.2.